The van der Waals surface area contributed by atoms with Gasteiger partial charge >= 0.3 is 0 Å². The van der Waals surface area contributed by atoms with Crippen LogP contribution in [-0.2, 0) is 9.53 Å². The quantitative estimate of drug-likeness (QED) is 0.373. The summed E-state index contributed by atoms with van der Waals surface area (Å²) >= 11 is 14.0. The molecule has 5 rings (SSSR count). The Morgan fingerprint density at radius 3 is 2.50 bits per heavy atom. The van der Waals surface area contributed by atoms with E-state index >= 15 is 0 Å². The van der Waals surface area contributed by atoms with Crippen LogP contribution in [0.4, 0.5) is 0 Å². The Bertz CT molecular complexity index is 1290. The minimum absolute atomic E-state index is 0.0789. The summed E-state index contributed by atoms with van der Waals surface area (Å²) in [5, 5.41) is 9.32. The summed E-state index contributed by atoms with van der Waals surface area (Å²) in [5.41, 5.74) is 2.44. The number of halogens is 2. The van der Waals surface area contributed by atoms with Gasteiger partial charge in [-0.2, -0.15) is 5.10 Å². The molecule has 2 amide bonds. The van der Waals surface area contributed by atoms with Gasteiger partial charge in [-0.15, -0.1) is 11.3 Å². The fraction of sp³-hybridized carbons (Fsp3) is 0.321. The number of hydrogen-bond donors (Lipinski definition) is 0. The van der Waals surface area contributed by atoms with Gasteiger partial charge in [0.1, 0.15) is 6.54 Å². The van der Waals surface area contributed by atoms with Gasteiger partial charge in [-0.25, -0.2) is 5.01 Å². The van der Waals surface area contributed by atoms with Crippen LogP contribution in [-0.4, -0.2) is 78.3 Å². The smallest absolute Gasteiger partial charge is 0.264 e. The van der Waals surface area contributed by atoms with Crippen LogP contribution in [0.1, 0.15) is 33.3 Å². The number of ether oxygens (including phenoxy) is 1. The lowest BCUT2D eigenvalue weighted by Crippen LogP contribution is -2.46. The number of amides is 2. The number of carbonyl (C=O) groups excluding carboxylic acids is 2. The maximum Gasteiger partial charge on any atom is 0.264 e. The molecule has 0 saturated carbocycles. The average molecular weight is 572 g/mol. The number of benzene rings is 2. The Kier molecular flexibility index (Phi) is 8.76. The Morgan fingerprint density at radius 1 is 1.03 bits per heavy atom. The van der Waals surface area contributed by atoms with Crippen molar-refractivity contribution in [2.75, 3.05) is 45.9 Å². The van der Waals surface area contributed by atoms with Crippen molar-refractivity contribution < 1.29 is 14.3 Å². The second-order valence-electron chi connectivity index (χ2n) is 9.19. The second-order valence-corrected chi connectivity index (χ2v) is 11.0. The van der Waals surface area contributed by atoms with Gasteiger partial charge in [0.2, 0.25) is 0 Å². The van der Waals surface area contributed by atoms with Crippen molar-refractivity contribution in [2.24, 2.45) is 5.10 Å². The zero-order chi connectivity index (χ0) is 26.5. The predicted molar refractivity (Wildman–Crippen MR) is 151 cm³/mol. The number of carbonyl (C=O) groups is 2. The molecule has 2 aliphatic rings. The minimum Gasteiger partial charge on any atom is -0.379 e. The van der Waals surface area contributed by atoms with Crippen LogP contribution in [0, 0.1) is 0 Å². The van der Waals surface area contributed by atoms with Crippen molar-refractivity contribution >= 4 is 52.1 Å². The van der Waals surface area contributed by atoms with Crippen LogP contribution in [0.2, 0.25) is 10.0 Å². The first-order chi connectivity index (χ1) is 18.5. The van der Waals surface area contributed by atoms with Gasteiger partial charge in [0.25, 0.3) is 11.8 Å². The zero-order valence-electron chi connectivity index (χ0n) is 20.8. The Morgan fingerprint density at radius 2 is 1.79 bits per heavy atom. The average Bonchev–Trinajstić information content (AvgIpc) is 3.63. The largest absolute Gasteiger partial charge is 0.379 e. The van der Waals surface area contributed by atoms with E-state index in [4.69, 9.17) is 33.0 Å². The summed E-state index contributed by atoms with van der Waals surface area (Å²) in [4.78, 5) is 31.7. The minimum atomic E-state index is -0.330. The number of thiophene rings is 1. The van der Waals surface area contributed by atoms with Gasteiger partial charge in [-0.05, 0) is 35.2 Å². The molecule has 0 radical (unpaired) electrons. The molecule has 3 heterocycles. The predicted octanol–water partition coefficient (Wildman–Crippen LogP) is 5.21. The van der Waals surface area contributed by atoms with Gasteiger partial charge in [0, 0.05) is 48.2 Å². The topological polar surface area (TPSA) is 65.5 Å². The molecule has 198 valence electrons. The summed E-state index contributed by atoms with van der Waals surface area (Å²) in [6.45, 7) is 3.99. The van der Waals surface area contributed by atoms with Crippen molar-refractivity contribution in [3.8, 4) is 0 Å². The molecule has 0 bridgehead atoms. The summed E-state index contributed by atoms with van der Waals surface area (Å²) < 4.78 is 5.45. The molecule has 2 aliphatic heterocycles. The molecule has 0 unspecified atom stereocenters. The summed E-state index contributed by atoms with van der Waals surface area (Å²) in [6, 6.07) is 18.2. The standard InChI is InChI=1S/C28H28Cl2N4O3S/c29-21-9-7-20(8-10-21)25-18-24(22-4-1-2-5-23(22)30)31-34(25)27(35)19-33(28(36)26-6-3-17-38-26)12-11-32-13-15-37-16-14-32/h1-10,17,25H,11-16,18-19H2/t25-/m1/s1. The van der Waals surface area contributed by atoms with E-state index in [0.29, 0.717) is 47.6 Å². The van der Waals surface area contributed by atoms with Crippen LogP contribution < -0.4 is 0 Å². The highest BCUT2D eigenvalue weighted by atomic mass is 35.5. The van der Waals surface area contributed by atoms with Crippen LogP contribution in [0.5, 0.6) is 0 Å². The molecule has 7 nitrogen and oxygen atoms in total. The highest BCUT2D eigenvalue weighted by Gasteiger charge is 2.35. The number of rotatable bonds is 8. The molecular formula is C28H28Cl2N4O3S. The van der Waals surface area contributed by atoms with Crippen molar-refractivity contribution in [3.63, 3.8) is 0 Å². The normalized spacial score (nSPS) is 17.9. The van der Waals surface area contributed by atoms with E-state index in [9.17, 15) is 9.59 Å². The molecule has 2 aromatic carbocycles. The Labute approximate surface area is 236 Å². The number of morpholine rings is 1. The van der Waals surface area contributed by atoms with Gasteiger partial charge in [-0.3, -0.25) is 14.5 Å². The highest BCUT2D eigenvalue weighted by Crippen LogP contribution is 2.35. The van der Waals surface area contributed by atoms with Gasteiger partial charge < -0.3 is 9.64 Å². The first kappa shape index (κ1) is 26.8. The lowest BCUT2D eigenvalue weighted by atomic mass is 9.98. The molecule has 0 aliphatic carbocycles. The first-order valence-corrected chi connectivity index (χ1v) is 14.2. The molecule has 0 spiro atoms. The summed E-state index contributed by atoms with van der Waals surface area (Å²) in [7, 11) is 0. The molecule has 38 heavy (non-hydrogen) atoms. The van der Waals surface area contributed by atoms with Crippen LogP contribution in [0.25, 0.3) is 0 Å². The zero-order valence-corrected chi connectivity index (χ0v) is 23.1. The lowest BCUT2D eigenvalue weighted by Gasteiger charge is -2.31. The maximum absolute atomic E-state index is 13.8. The van der Waals surface area contributed by atoms with Gasteiger partial charge in [0.05, 0.1) is 29.8 Å². The summed E-state index contributed by atoms with van der Waals surface area (Å²) in [5.74, 6) is -0.405. The molecule has 1 fully saturated rings. The Hall–Kier alpha value is -2.75. The van der Waals surface area contributed by atoms with Crippen molar-refractivity contribution in [2.45, 2.75) is 12.5 Å². The van der Waals surface area contributed by atoms with E-state index < -0.39 is 0 Å². The second kappa shape index (κ2) is 12.4. The van der Waals surface area contributed by atoms with E-state index in [1.165, 1.54) is 16.3 Å². The van der Waals surface area contributed by atoms with Gasteiger partial charge in [-0.1, -0.05) is 59.6 Å². The van der Waals surface area contributed by atoms with Crippen molar-refractivity contribution in [1.29, 1.82) is 0 Å². The van der Waals surface area contributed by atoms with Gasteiger partial charge in [0.15, 0.2) is 0 Å². The third-order valence-electron chi connectivity index (χ3n) is 6.74. The molecule has 3 aromatic rings. The lowest BCUT2D eigenvalue weighted by molar-refractivity contribution is -0.133. The maximum atomic E-state index is 13.8. The number of hydrazone groups is 1. The van der Waals surface area contributed by atoms with E-state index in [2.05, 4.69) is 4.90 Å². The van der Waals surface area contributed by atoms with Crippen molar-refractivity contribution in [1.82, 2.24) is 14.8 Å². The third-order valence-corrected chi connectivity index (χ3v) is 8.18. The molecular weight excluding hydrogens is 543 g/mol. The first-order valence-electron chi connectivity index (χ1n) is 12.5. The van der Waals surface area contributed by atoms with E-state index in [-0.39, 0.29) is 24.4 Å². The molecule has 0 N–H and O–H groups in total. The number of nitrogens with zero attached hydrogens (tertiary/aromatic N) is 4. The number of hydrogen-bond acceptors (Lipinski definition) is 6. The third kappa shape index (κ3) is 6.27. The fourth-order valence-corrected chi connectivity index (χ4v) is 5.74. The van der Waals surface area contributed by atoms with Crippen LogP contribution in [0.3, 0.4) is 0 Å². The van der Waals surface area contributed by atoms with E-state index in [1.54, 1.807) is 11.0 Å². The molecule has 1 saturated heterocycles. The molecule has 10 heteroatoms. The molecule has 1 aromatic heterocycles. The Balaban J connectivity index is 1.40. The monoisotopic (exact) mass is 570 g/mol. The van der Waals surface area contributed by atoms with E-state index in [0.717, 1.165) is 29.9 Å². The summed E-state index contributed by atoms with van der Waals surface area (Å²) in [6.07, 6.45) is 0.504. The van der Waals surface area contributed by atoms with Crippen molar-refractivity contribution in [3.05, 3.63) is 92.1 Å². The van der Waals surface area contributed by atoms with Crippen LogP contribution >= 0.6 is 34.5 Å². The highest BCUT2D eigenvalue weighted by molar-refractivity contribution is 7.12. The van der Waals surface area contributed by atoms with E-state index in [1.807, 2.05) is 60.0 Å². The fourth-order valence-electron chi connectivity index (χ4n) is 4.67. The molecule has 1 atom stereocenters. The van der Waals surface area contributed by atoms with Crippen LogP contribution in [0.15, 0.2) is 71.1 Å². The SMILES string of the molecule is O=C(c1cccs1)N(CCN1CCOCC1)CC(=O)N1N=C(c2ccccc2Cl)C[C@@H]1c1ccc(Cl)cc1.